The van der Waals surface area contributed by atoms with Gasteiger partial charge in [0.2, 0.25) is 20.0 Å². The lowest BCUT2D eigenvalue weighted by Gasteiger charge is -2.09. The predicted molar refractivity (Wildman–Crippen MR) is 73.3 cm³/mol. The first-order valence-electron chi connectivity index (χ1n) is 5.11. The molecule has 1 aromatic carbocycles. The van der Waals surface area contributed by atoms with Gasteiger partial charge in [-0.25, -0.2) is 26.7 Å². The molecule has 0 aliphatic heterocycles. The third kappa shape index (κ3) is 4.04. The molecule has 1 rings (SSSR count). The topological polar surface area (TPSA) is 106 Å². The minimum atomic E-state index is -4.17. The fourth-order valence-electron chi connectivity index (χ4n) is 1.22. The SMILES string of the molecule is CCCNS(=O)(=O)c1cc(Cl)c(Cl)c(S(N)(=O)=O)c1. The van der Waals surface area contributed by atoms with Gasteiger partial charge in [-0.15, -0.1) is 0 Å². The number of hydrogen-bond acceptors (Lipinski definition) is 4. The lowest BCUT2D eigenvalue weighted by Crippen LogP contribution is -2.25. The van der Waals surface area contributed by atoms with Crippen LogP contribution in [0.25, 0.3) is 0 Å². The number of sulfonamides is 2. The van der Waals surface area contributed by atoms with Crippen molar-refractivity contribution in [2.45, 2.75) is 23.1 Å². The molecule has 0 saturated carbocycles. The molecule has 108 valence electrons. The molecule has 0 aliphatic carbocycles. The molecule has 19 heavy (non-hydrogen) atoms. The molecular formula is C9H12Cl2N2O4S2. The van der Waals surface area contributed by atoms with Gasteiger partial charge in [0.25, 0.3) is 0 Å². The number of hydrogen-bond donors (Lipinski definition) is 2. The Hall–Kier alpha value is -0.380. The number of nitrogens with two attached hydrogens (primary N) is 1. The zero-order valence-corrected chi connectivity index (χ0v) is 13.0. The molecule has 0 heterocycles. The molecule has 6 nitrogen and oxygen atoms in total. The highest BCUT2D eigenvalue weighted by Gasteiger charge is 2.22. The molecule has 0 amide bonds. The van der Waals surface area contributed by atoms with Crippen LogP contribution in [0, 0.1) is 0 Å². The standard InChI is InChI=1S/C9H12Cl2N2O4S2/c1-2-3-13-19(16,17)6-4-7(10)9(11)8(5-6)18(12,14)15/h4-5,13H,2-3H2,1H3,(H2,12,14,15). The van der Waals surface area contributed by atoms with Crippen LogP contribution < -0.4 is 9.86 Å². The molecule has 0 bridgehead atoms. The van der Waals surface area contributed by atoms with Crippen molar-refractivity contribution in [3.8, 4) is 0 Å². The van der Waals surface area contributed by atoms with Crippen molar-refractivity contribution in [1.82, 2.24) is 4.72 Å². The van der Waals surface area contributed by atoms with Gasteiger partial charge in [-0.05, 0) is 18.6 Å². The van der Waals surface area contributed by atoms with Gasteiger partial charge in [-0.2, -0.15) is 0 Å². The molecule has 10 heteroatoms. The summed E-state index contributed by atoms with van der Waals surface area (Å²) in [4.78, 5) is -0.835. The van der Waals surface area contributed by atoms with Gasteiger partial charge in [-0.3, -0.25) is 0 Å². The normalized spacial score (nSPS) is 12.6. The second-order valence-electron chi connectivity index (χ2n) is 3.66. The van der Waals surface area contributed by atoms with E-state index in [1.165, 1.54) is 0 Å². The highest BCUT2D eigenvalue weighted by atomic mass is 35.5. The van der Waals surface area contributed by atoms with E-state index >= 15 is 0 Å². The zero-order chi connectivity index (χ0) is 14.8. The second-order valence-corrected chi connectivity index (χ2v) is 7.74. The molecule has 0 saturated heterocycles. The molecule has 0 aliphatic rings. The third-order valence-electron chi connectivity index (χ3n) is 2.13. The lowest BCUT2D eigenvalue weighted by molar-refractivity contribution is 0.580. The molecule has 3 N–H and O–H groups in total. The van der Waals surface area contributed by atoms with Gasteiger partial charge in [0, 0.05) is 6.54 Å². The summed E-state index contributed by atoms with van der Waals surface area (Å²) >= 11 is 11.4. The quantitative estimate of drug-likeness (QED) is 0.838. The molecule has 0 radical (unpaired) electrons. The van der Waals surface area contributed by atoms with Crippen molar-refractivity contribution in [2.75, 3.05) is 6.54 Å². The average molecular weight is 347 g/mol. The van der Waals surface area contributed by atoms with Crippen molar-refractivity contribution in [1.29, 1.82) is 0 Å². The lowest BCUT2D eigenvalue weighted by atomic mass is 10.3. The average Bonchev–Trinajstić information content (AvgIpc) is 2.28. The molecule has 0 aromatic heterocycles. The van der Waals surface area contributed by atoms with Crippen molar-refractivity contribution >= 4 is 43.2 Å². The van der Waals surface area contributed by atoms with Crippen LogP contribution in [0.5, 0.6) is 0 Å². The van der Waals surface area contributed by atoms with Crippen LogP contribution in [-0.4, -0.2) is 23.4 Å². The van der Waals surface area contributed by atoms with E-state index in [0.717, 1.165) is 12.1 Å². The van der Waals surface area contributed by atoms with Crippen molar-refractivity contribution in [3.05, 3.63) is 22.2 Å². The largest absolute Gasteiger partial charge is 0.240 e. The fourth-order valence-corrected chi connectivity index (χ4v) is 3.91. The first-order chi connectivity index (χ1) is 8.59. The monoisotopic (exact) mass is 346 g/mol. The summed E-state index contributed by atoms with van der Waals surface area (Å²) in [5, 5.41) is 4.44. The maximum Gasteiger partial charge on any atom is 0.240 e. The maximum atomic E-state index is 11.9. The van der Waals surface area contributed by atoms with Crippen molar-refractivity contribution < 1.29 is 16.8 Å². The highest BCUT2D eigenvalue weighted by molar-refractivity contribution is 7.90. The predicted octanol–water partition coefficient (Wildman–Crippen LogP) is 1.33. The fraction of sp³-hybridized carbons (Fsp3) is 0.333. The molecule has 0 atom stereocenters. The van der Waals surface area contributed by atoms with E-state index in [2.05, 4.69) is 4.72 Å². The van der Waals surface area contributed by atoms with Gasteiger partial charge in [0.05, 0.1) is 14.9 Å². The van der Waals surface area contributed by atoms with E-state index in [-0.39, 0.29) is 21.5 Å². The Bertz CT molecular complexity index is 686. The van der Waals surface area contributed by atoms with E-state index in [0.29, 0.717) is 6.42 Å². The summed E-state index contributed by atoms with van der Waals surface area (Å²) < 4.78 is 48.7. The zero-order valence-electron chi connectivity index (χ0n) is 9.85. The summed E-state index contributed by atoms with van der Waals surface area (Å²) in [6.07, 6.45) is 0.586. The van der Waals surface area contributed by atoms with Gasteiger partial charge in [0.15, 0.2) is 0 Å². The van der Waals surface area contributed by atoms with Gasteiger partial charge in [-0.1, -0.05) is 30.1 Å². The minimum Gasteiger partial charge on any atom is -0.225 e. The molecular weight excluding hydrogens is 335 g/mol. The summed E-state index contributed by atoms with van der Waals surface area (Å²) in [6, 6.07) is 1.94. The van der Waals surface area contributed by atoms with Gasteiger partial charge < -0.3 is 0 Å². The summed E-state index contributed by atoms with van der Waals surface area (Å²) in [5.41, 5.74) is 0. The Morgan fingerprint density at radius 2 is 1.79 bits per heavy atom. The highest BCUT2D eigenvalue weighted by Crippen LogP contribution is 2.31. The Morgan fingerprint density at radius 1 is 1.21 bits per heavy atom. The van der Waals surface area contributed by atoms with E-state index in [4.69, 9.17) is 28.3 Å². The number of rotatable bonds is 5. The molecule has 0 unspecified atom stereocenters. The van der Waals surface area contributed by atoms with Crippen LogP contribution >= 0.6 is 23.2 Å². The van der Waals surface area contributed by atoms with E-state index in [1.54, 1.807) is 6.92 Å². The van der Waals surface area contributed by atoms with Crippen LogP contribution in [0.4, 0.5) is 0 Å². The molecule has 1 aromatic rings. The Labute approximate surface area is 122 Å². The van der Waals surface area contributed by atoms with Crippen molar-refractivity contribution in [3.63, 3.8) is 0 Å². The number of primary sulfonamides is 1. The number of halogens is 2. The van der Waals surface area contributed by atoms with Crippen LogP contribution in [0.1, 0.15) is 13.3 Å². The van der Waals surface area contributed by atoms with Crippen LogP contribution in [-0.2, 0) is 20.0 Å². The first kappa shape index (κ1) is 16.7. The number of nitrogens with one attached hydrogen (secondary N) is 1. The van der Waals surface area contributed by atoms with E-state index in [9.17, 15) is 16.8 Å². The second kappa shape index (κ2) is 5.94. The van der Waals surface area contributed by atoms with Crippen LogP contribution in [0.15, 0.2) is 21.9 Å². The molecule has 0 fully saturated rings. The first-order valence-corrected chi connectivity index (χ1v) is 8.89. The number of benzene rings is 1. The van der Waals surface area contributed by atoms with E-state index in [1.807, 2.05) is 0 Å². The van der Waals surface area contributed by atoms with Gasteiger partial charge >= 0.3 is 0 Å². The van der Waals surface area contributed by atoms with E-state index < -0.39 is 24.9 Å². The molecule has 0 spiro atoms. The Balaban J connectivity index is 3.45. The summed E-state index contributed by atoms with van der Waals surface area (Å²) in [6.45, 7) is 2.00. The van der Waals surface area contributed by atoms with Crippen molar-refractivity contribution in [2.24, 2.45) is 5.14 Å². The maximum absolute atomic E-state index is 11.9. The van der Waals surface area contributed by atoms with Crippen LogP contribution in [0.2, 0.25) is 10.0 Å². The smallest absolute Gasteiger partial charge is 0.225 e. The van der Waals surface area contributed by atoms with Gasteiger partial charge in [0.1, 0.15) is 4.90 Å². The Morgan fingerprint density at radius 3 is 2.26 bits per heavy atom. The third-order valence-corrected chi connectivity index (χ3v) is 5.42. The minimum absolute atomic E-state index is 0.204. The Kier molecular flexibility index (Phi) is 5.21. The summed E-state index contributed by atoms with van der Waals surface area (Å²) in [7, 11) is -8.03. The summed E-state index contributed by atoms with van der Waals surface area (Å²) in [5.74, 6) is 0. The van der Waals surface area contributed by atoms with Crippen LogP contribution in [0.3, 0.4) is 0 Å².